The highest BCUT2D eigenvalue weighted by Gasteiger charge is 2.69. The zero-order valence-corrected chi connectivity index (χ0v) is 18.9. The van der Waals surface area contributed by atoms with Crippen molar-refractivity contribution in [1.82, 2.24) is 0 Å². The largest absolute Gasteiger partial charge is 0.0620 e. The normalized spacial score (nSPS) is 25.8. The molecule has 4 aliphatic carbocycles. The molecule has 1 spiro atoms. The molecule has 1 unspecified atom stereocenters. The molecular weight excluding hydrogens is 408 g/mol. The van der Waals surface area contributed by atoms with E-state index in [0.29, 0.717) is 23.7 Å². The van der Waals surface area contributed by atoms with Gasteiger partial charge in [-0.2, -0.15) is 0 Å². The minimum atomic E-state index is -0.0388. The van der Waals surface area contributed by atoms with Crippen LogP contribution in [0.3, 0.4) is 0 Å². The van der Waals surface area contributed by atoms with E-state index >= 15 is 0 Å². The summed E-state index contributed by atoms with van der Waals surface area (Å²) in [5.74, 6) is 2.55. The summed E-state index contributed by atoms with van der Waals surface area (Å²) >= 11 is 0. The SMILES string of the molecule is c1ccc2c(c1)-c1ccccc1C21c2ccccc2C2[C@@H]1[C@H]1c3ccc4ccccc4c3C[C@@H]21. The minimum absolute atomic E-state index is 0.0388. The lowest BCUT2D eigenvalue weighted by molar-refractivity contribution is 0.0895. The van der Waals surface area contributed by atoms with E-state index in [4.69, 9.17) is 0 Å². The molecule has 5 aromatic carbocycles. The van der Waals surface area contributed by atoms with Crippen molar-refractivity contribution in [3.05, 3.63) is 143 Å². The fourth-order valence-corrected chi connectivity index (χ4v) is 8.85. The van der Waals surface area contributed by atoms with E-state index in [2.05, 4.69) is 109 Å². The fraction of sp³-hybridized carbons (Fsp3) is 0.176. The van der Waals surface area contributed by atoms with Gasteiger partial charge in [-0.15, -0.1) is 0 Å². The van der Waals surface area contributed by atoms with Gasteiger partial charge in [0.1, 0.15) is 0 Å². The van der Waals surface area contributed by atoms with Gasteiger partial charge >= 0.3 is 0 Å². The summed E-state index contributed by atoms with van der Waals surface area (Å²) in [6.07, 6.45) is 1.22. The van der Waals surface area contributed by atoms with Crippen LogP contribution in [0.1, 0.15) is 45.2 Å². The molecule has 0 amide bonds. The quantitative estimate of drug-likeness (QED) is 0.234. The molecule has 0 heterocycles. The Bertz CT molecular complexity index is 1630. The van der Waals surface area contributed by atoms with Gasteiger partial charge in [0.2, 0.25) is 0 Å². The molecule has 1 saturated carbocycles. The lowest BCUT2D eigenvalue weighted by Gasteiger charge is -2.53. The Morgan fingerprint density at radius 1 is 0.529 bits per heavy atom. The van der Waals surface area contributed by atoms with Crippen LogP contribution in [-0.2, 0) is 11.8 Å². The van der Waals surface area contributed by atoms with E-state index in [1.165, 1.54) is 39.4 Å². The zero-order chi connectivity index (χ0) is 22.0. The molecule has 4 aliphatic rings. The Balaban J connectivity index is 1.37. The van der Waals surface area contributed by atoms with Gasteiger partial charge in [0, 0.05) is 0 Å². The monoisotopic (exact) mass is 432 g/mol. The average molecular weight is 433 g/mol. The smallest absolute Gasteiger partial charge is 0.0506 e. The number of benzene rings is 5. The molecule has 0 aliphatic heterocycles. The summed E-state index contributed by atoms with van der Waals surface area (Å²) in [5.41, 5.74) is 12.3. The Labute approximate surface area is 199 Å². The van der Waals surface area contributed by atoms with Crippen LogP contribution in [0.2, 0.25) is 0 Å². The van der Waals surface area contributed by atoms with Gasteiger partial charge in [-0.25, -0.2) is 0 Å². The standard InChI is InChI=1S/C34H24/c1-2-10-21-20(9-1)17-18-24-26(21)19-27-31(24)33-32(27)25-13-5-8-16-30(25)34(33)28-14-6-3-11-22(28)23-12-4-7-15-29(23)34/h1-18,27,31-33H,19H2/t27-,31+,32?,33+/m1/s1. The predicted octanol–water partition coefficient (Wildman–Crippen LogP) is 7.84. The molecule has 4 atom stereocenters. The maximum atomic E-state index is 2.47. The average Bonchev–Trinajstić information content (AvgIpc) is 3.46. The van der Waals surface area contributed by atoms with E-state index in [-0.39, 0.29) is 5.41 Å². The summed E-state index contributed by atoms with van der Waals surface area (Å²) in [5, 5.41) is 2.86. The molecule has 9 rings (SSSR count). The summed E-state index contributed by atoms with van der Waals surface area (Å²) < 4.78 is 0. The molecule has 0 N–H and O–H groups in total. The molecule has 1 fully saturated rings. The van der Waals surface area contributed by atoms with Gasteiger partial charge in [-0.1, -0.05) is 109 Å². The van der Waals surface area contributed by atoms with Crippen molar-refractivity contribution < 1.29 is 0 Å². The van der Waals surface area contributed by atoms with E-state index in [0.717, 1.165) is 0 Å². The summed E-state index contributed by atoms with van der Waals surface area (Å²) in [4.78, 5) is 0. The van der Waals surface area contributed by atoms with Crippen LogP contribution in [0.15, 0.2) is 109 Å². The number of hydrogen-bond acceptors (Lipinski definition) is 0. The Morgan fingerprint density at radius 2 is 1.15 bits per heavy atom. The van der Waals surface area contributed by atoms with Crippen LogP contribution in [0, 0.1) is 11.8 Å². The van der Waals surface area contributed by atoms with Crippen molar-refractivity contribution in [2.45, 2.75) is 23.7 Å². The second kappa shape index (κ2) is 5.88. The van der Waals surface area contributed by atoms with E-state index in [1.54, 1.807) is 22.3 Å². The summed E-state index contributed by atoms with van der Waals surface area (Å²) in [6.45, 7) is 0. The zero-order valence-electron chi connectivity index (χ0n) is 18.9. The third kappa shape index (κ3) is 1.78. The van der Waals surface area contributed by atoms with Crippen molar-refractivity contribution in [2.24, 2.45) is 11.8 Å². The van der Waals surface area contributed by atoms with E-state index in [1.807, 2.05) is 0 Å². The predicted molar refractivity (Wildman–Crippen MR) is 138 cm³/mol. The highest BCUT2D eigenvalue weighted by molar-refractivity contribution is 5.89. The fourth-order valence-electron chi connectivity index (χ4n) is 8.85. The maximum absolute atomic E-state index is 2.47. The van der Waals surface area contributed by atoms with Crippen LogP contribution in [-0.4, -0.2) is 0 Å². The number of fused-ring (bicyclic) bond motifs is 17. The van der Waals surface area contributed by atoms with Gasteiger partial charge in [0.05, 0.1) is 5.41 Å². The Kier molecular flexibility index (Phi) is 3.08. The molecule has 160 valence electrons. The molecule has 34 heavy (non-hydrogen) atoms. The third-order valence-corrected chi connectivity index (χ3v) is 9.81. The summed E-state index contributed by atoms with van der Waals surface area (Å²) in [6, 6.07) is 41.8. The van der Waals surface area contributed by atoms with Crippen LogP contribution in [0.5, 0.6) is 0 Å². The van der Waals surface area contributed by atoms with E-state index in [9.17, 15) is 0 Å². The first-order valence-corrected chi connectivity index (χ1v) is 12.7. The molecule has 0 heteroatoms. The Hall–Kier alpha value is -3.64. The van der Waals surface area contributed by atoms with Crippen LogP contribution in [0.25, 0.3) is 21.9 Å². The number of hydrogen-bond donors (Lipinski definition) is 0. The highest BCUT2D eigenvalue weighted by Crippen LogP contribution is 2.77. The topological polar surface area (TPSA) is 0 Å². The second-order valence-electron chi connectivity index (χ2n) is 10.8. The maximum Gasteiger partial charge on any atom is 0.0506 e. The van der Waals surface area contributed by atoms with E-state index < -0.39 is 0 Å². The van der Waals surface area contributed by atoms with Crippen LogP contribution in [0.4, 0.5) is 0 Å². The van der Waals surface area contributed by atoms with Gasteiger partial charge in [-0.3, -0.25) is 0 Å². The number of rotatable bonds is 0. The van der Waals surface area contributed by atoms with Crippen molar-refractivity contribution in [3.63, 3.8) is 0 Å². The minimum Gasteiger partial charge on any atom is -0.0620 e. The molecule has 0 radical (unpaired) electrons. The molecule has 0 nitrogen and oxygen atoms in total. The molecule has 0 saturated heterocycles. The summed E-state index contributed by atoms with van der Waals surface area (Å²) in [7, 11) is 0. The molecule has 0 aromatic heterocycles. The van der Waals surface area contributed by atoms with Crippen LogP contribution < -0.4 is 0 Å². The third-order valence-electron chi connectivity index (χ3n) is 9.81. The Morgan fingerprint density at radius 3 is 1.94 bits per heavy atom. The van der Waals surface area contributed by atoms with Crippen molar-refractivity contribution >= 4 is 10.8 Å². The van der Waals surface area contributed by atoms with Gasteiger partial charge in [0.15, 0.2) is 0 Å². The second-order valence-corrected chi connectivity index (χ2v) is 10.8. The van der Waals surface area contributed by atoms with Crippen LogP contribution >= 0.6 is 0 Å². The first kappa shape index (κ1) is 17.8. The molecule has 0 bridgehead atoms. The lowest BCUT2D eigenvalue weighted by Crippen LogP contribution is -2.48. The lowest BCUT2D eigenvalue weighted by atomic mass is 9.49. The van der Waals surface area contributed by atoms with Gasteiger partial charge in [-0.05, 0) is 85.4 Å². The highest BCUT2D eigenvalue weighted by atomic mass is 14.7. The molecule has 5 aromatic rings. The first-order chi connectivity index (χ1) is 16.9. The first-order valence-electron chi connectivity index (χ1n) is 12.7. The van der Waals surface area contributed by atoms with Crippen molar-refractivity contribution in [3.8, 4) is 11.1 Å². The van der Waals surface area contributed by atoms with Gasteiger partial charge in [0.25, 0.3) is 0 Å². The molecular formula is C34H24. The van der Waals surface area contributed by atoms with Crippen molar-refractivity contribution in [2.75, 3.05) is 0 Å². The van der Waals surface area contributed by atoms with Gasteiger partial charge < -0.3 is 0 Å². The van der Waals surface area contributed by atoms with Crippen molar-refractivity contribution in [1.29, 1.82) is 0 Å².